The Balaban J connectivity index is 2.88. The summed E-state index contributed by atoms with van der Waals surface area (Å²) in [6.45, 7) is 10.1. The molecule has 0 spiro atoms. The molecule has 94 valence electrons. The average Bonchev–Trinajstić information content (AvgIpc) is 2.26. The van der Waals surface area contributed by atoms with E-state index in [1.165, 1.54) is 0 Å². The van der Waals surface area contributed by atoms with Gasteiger partial charge in [0.25, 0.3) is 0 Å². The number of hydrogen-bond acceptors (Lipinski definition) is 2. The fourth-order valence-corrected chi connectivity index (χ4v) is 1.56. The number of Topliss-reactive ketones (excluding diaryl/α,β-unsaturated/α-hetero) is 1. The number of carbonyl (C=O) groups excluding carboxylic acids is 1. The molecular weight excluding hydrogens is 212 g/mol. The first kappa shape index (κ1) is 13.8. The zero-order chi connectivity index (χ0) is 13.0. The van der Waals surface area contributed by atoms with E-state index in [4.69, 9.17) is 4.74 Å². The Hall–Kier alpha value is -1.31. The molecule has 0 heterocycles. The molecule has 1 rings (SSSR count). The van der Waals surface area contributed by atoms with Crippen molar-refractivity contribution in [3.05, 3.63) is 29.8 Å². The lowest BCUT2D eigenvalue weighted by atomic mass is 9.90. The SMILES string of the molecule is CC(C)Oc1cccc(C(=O)C(C)C(C)C)c1. The molecule has 2 heteroatoms. The van der Waals surface area contributed by atoms with Crippen LogP contribution < -0.4 is 4.74 Å². The molecule has 0 N–H and O–H groups in total. The van der Waals surface area contributed by atoms with E-state index < -0.39 is 0 Å². The van der Waals surface area contributed by atoms with Gasteiger partial charge in [-0.3, -0.25) is 4.79 Å². The maximum atomic E-state index is 12.2. The van der Waals surface area contributed by atoms with Crippen molar-refractivity contribution in [1.82, 2.24) is 0 Å². The quantitative estimate of drug-likeness (QED) is 0.721. The highest BCUT2D eigenvalue weighted by atomic mass is 16.5. The minimum absolute atomic E-state index is 0.0456. The van der Waals surface area contributed by atoms with Crippen LogP contribution in [0.5, 0.6) is 5.75 Å². The van der Waals surface area contributed by atoms with E-state index in [1.54, 1.807) is 0 Å². The van der Waals surface area contributed by atoms with Crippen LogP contribution in [0.3, 0.4) is 0 Å². The zero-order valence-corrected chi connectivity index (χ0v) is 11.4. The van der Waals surface area contributed by atoms with E-state index in [1.807, 2.05) is 45.0 Å². The Morgan fingerprint density at radius 3 is 2.29 bits per heavy atom. The molecule has 1 aromatic rings. The van der Waals surface area contributed by atoms with Crippen molar-refractivity contribution >= 4 is 5.78 Å². The van der Waals surface area contributed by atoms with Crippen LogP contribution in [-0.4, -0.2) is 11.9 Å². The van der Waals surface area contributed by atoms with Crippen molar-refractivity contribution in [3.8, 4) is 5.75 Å². The van der Waals surface area contributed by atoms with Gasteiger partial charge in [-0.25, -0.2) is 0 Å². The summed E-state index contributed by atoms with van der Waals surface area (Å²) in [5, 5.41) is 0. The number of rotatable bonds is 5. The minimum atomic E-state index is 0.0456. The zero-order valence-electron chi connectivity index (χ0n) is 11.4. The molecule has 0 amide bonds. The summed E-state index contributed by atoms with van der Waals surface area (Å²) in [5.74, 6) is 1.36. The fraction of sp³-hybridized carbons (Fsp3) is 0.533. The lowest BCUT2D eigenvalue weighted by molar-refractivity contribution is 0.0899. The maximum Gasteiger partial charge on any atom is 0.166 e. The number of hydrogen-bond donors (Lipinski definition) is 0. The standard InChI is InChI=1S/C15H22O2/c1-10(2)12(5)15(16)13-7-6-8-14(9-13)17-11(3)4/h6-12H,1-5H3. The van der Waals surface area contributed by atoms with Crippen LogP contribution in [0.4, 0.5) is 0 Å². The minimum Gasteiger partial charge on any atom is -0.491 e. The van der Waals surface area contributed by atoms with Crippen molar-refractivity contribution in [2.45, 2.75) is 40.7 Å². The van der Waals surface area contributed by atoms with Crippen LogP contribution in [0.2, 0.25) is 0 Å². The first-order valence-electron chi connectivity index (χ1n) is 6.22. The summed E-state index contributed by atoms with van der Waals surface area (Å²) in [4.78, 5) is 12.2. The molecule has 1 unspecified atom stereocenters. The van der Waals surface area contributed by atoms with Gasteiger partial charge in [0.15, 0.2) is 5.78 Å². The topological polar surface area (TPSA) is 26.3 Å². The van der Waals surface area contributed by atoms with Gasteiger partial charge in [-0.2, -0.15) is 0 Å². The maximum absolute atomic E-state index is 12.2. The van der Waals surface area contributed by atoms with E-state index in [9.17, 15) is 4.79 Å². The van der Waals surface area contributed by atoms with Crippen LogP contribution in [0.15, 0.2) is 24.3 Å². The van der Waals surface area contributed by atoms with Gasteiger partial charge in [-0.1, -0.05) is 32.9 Å². The summed E-state index contributed by atoms with van der Waals surface area (Å²) in [5.41, 5.74) is 0.740. The van der Waals surface area contributed by atoms with Crippen molar-refractivity contribution in [1.29, 1.82) is 0 Å². The van der Waals surface area contributed by atoms with Crippen molar-refractivity contribution < 1.29 is 9.53 Å². The molecule has 17 heavy (non-hydrogen) atoms. The Morgan fingerprint density at radius 2 is 1.76 bits per heavy atom. The van der Waals surface area contributed by atoms with Gasteiger partial charge >= 0.3 is 0 Å². The molecule has 0 saturated carbocycles. The molecule has 0 aromatic heterocycles. The lowest BCUT2D eigenvalue weighted by Gasteiger charge is -2.15. The second-order valence-corrected chi connectivity index (χ2v) is 5.09. The second-order valence-electron chi connectivity index (χ2n) is 5.09. The molecule has 1 aromatic carbocycles. The Kier molecular flexibility index (Phi) is 4.73. The summed E-state index contributed by atoms with van der Waals surface area (Å²) in [6.07, 6.45) is 0.128. The van der Waals surface area contributed by atoms with Crippen LogP contribution >= 0.6 is 0 Å². The molecule has 0 radical (unpaired) electrons. The molecule has 1 atom stereocenters. The number of carbonyl (C=O) groups is 1. The van der Waals surface area contributed by atoms with E-state index in [0.717, 1.165) is 11.3 Å². The molecule has 2 nitrogen and oxygen atoms in total. The number of benzene rings is 1. The van der Waals surface area contributed by atoms with Crippen LogP contribution in [0, 0.1) is 11.8 Å². The third-order valence-electron chi connectivity index (χ3n) is 2.90. The van der Waals surface area contributed by atoms with Crippen molar-refractivity contribution in [3.63, 3.8) is 0 Å². The highest BCUT2D eigenvalue weighted by Gasteiger charge is 2.18. The van der Waals surface area contributed by atoms with Crippen molar-refractivity contribution in [2.75, 3.05) is 0 Å². The summed E-state index contributed by atoms with van der Waals surface area (Å²) in [7, 11) is 0. The molecule has 0 bridgehead atoms. The van der Waals surface area contributed by atoms with Crippen LogP contribution in [0.1, 0.15) is 45.0 Å². The highest BCUT2D eigenvalue weighted by molar-refractivity contribution is 5.98. The van der Waals surface area contributed by atoms with Crippen molar-refractivity contribution in [2.24, 2.45) is 11.8 Å². The van der Waals surface area contributed by atoms with E-state index in [2.05, 4.69) is 13.8 Å². The second kappa shape index (κ2) is 5.85. The van der Waals surface area contributed by atoms with Gasteiger partial charge in [0.1, 0.15) is 5.75 Å². The highest BCUT2D eigenvalue weighted by Crippen LogP contribution is 2.20. The predicted molar refractivity (Wildman–Crippen MR) is 70.5 cm³/mol. The smallest absolute Gasteiger partial charge is 0.166 e. The predicted octanol–water partition coefficient (Wildman–Crippen LogP) is 3.95. The largest absolute Gasteiger partial charge is 0.491 e. The van der Waals surface area contributed by atoms with E-state index in [-0.39, 0.29) is 17.8 Å². The third-order valence-corrected chi connectivity index (χ3v) is 2.90. The first-order valence-corrected chi connectivity index (χ1v) is 6.22. The van der Waals surface area contributed by atoms with E-state index >= 15 is 0 Å². The summed E-state index contributed by atoms with van der Waals surface area (Å²) >= 11 is 0. The Labute approximate surface area is 104 Å². The monoisotopic (exact) mass is 234 g/mol. The average molecular weight is 234 g/mol. The molecular formula is C15H22O2. The third kappa shape index (κ3) is 3.88. The van der Waals surface area contributed by atoms with Crippen LogP contribution in [-0.2, 0) is 0 Å². The van der Waals surface area contributed by atoms with Gasteiger partial charge in [-0.05, 0) is 31.9 Å². The number of ketones is 1. The lowest BCUT2D eigenvalue weighted by Crippen LogP contribution is -2.17. The van der Waals surface area contributed by atoms with Gasteiger partial charge in [0.2, 0.25) is 0 Å². The molecule has 0 aliphatic carbocycles. The van der Waals surface area contributed by atoms with Gasteiger partial charge in [0, 0.05) is 11.5 Å². The summed E-state index contributed by atoms with van der Waals surface area (Å²) in [6, 6.07) is 7.45. The molecule has 0 saturated heterocycles. The Morgan fingerprint density at radius 1 is 1.12 bits per heavy atom. The number of ether oxygens (including phenoxy) is 1. The van der Waals surface area contributed by atoms with Crippen LogP contribution in [0.25, 0.3) is 0 Å². The van der Waals surface area contributed by atoms with Gasteiger partial charge < -0.3 is 4.74 Å². The molecule has 0 fully saturated rings. The van der Waals surface area contributed by atoms with E-state index in [0.29, 0.717) is 5.92 Å². The Bertz CT molecular complexity index is 380. The summed E-state index contributed by atoms with van der Waals surface area (Å²) < 4.78 is 5.59. The van der Waals surface area contributed by atoms with Gasteiger partial charge in [0.05, 0.1) is 6.10 Å². The fourth-order valence-electron chi connectivity index (χ4n) is 1.56. The van der Waals surface area contributed by atoms with Gasteiger partial charge in [-0.15, -0.1) is 0 Å². The molecule has 0 aliphatic rings. The normalized spacial score (nSPS) is 12.9. The first-order chi connectivity index (χ1) is 7.91. The molecule has 0 aliphatic heterocycles.